The maximum atomic E-state index is 6.31. The highest BCUT2D eigenvalue weighted by atomic mass is 35.5. The average Bonchev–Trinajstić information content (AvgIpc) is 2.45. The van der Waals surface area contributed by atoms with Crippen molar-refractivity contribution in [3.05, 3.63) is 28.8 Å². The number of benzene rings is 1. The van der Waals surface area contributed by atoms with Crippen LogP contribution >= 0.6 is 11.6 Å². The zero-order chi connectivity index (χ0) is 15.5. The third-order valence-corrected chi connectivity index (χ3v) is 3.79. The molecule has 2 nitrogen and oxygen atoms in total. The van der Waals surface area contributed by atoms with Gasteiger partial charge in [0.15, 0.2) is 0 Å². The van der Waals surface area contributed by atoms with Crippen LogP contribution in [0, 0.1) is 5.92 Å². The van der Waals surface area contributed by atoms with Crippen molar-refractivity contribution in [2.24, 2.45) is 5.92 Å². The number of unbranched alkanes of at least 4 members (excludes halogenated alkanes) is 4. The predicted molar refractivity (Wildman–Crippen MR) is 92.3 cm³/mol. The average molecular weight is 312 g/mol. The Morgan fingerprint density at radius 2 is 1.90 bits per heavy atom. The van der Waals surface area contributed by atoms with Gasteiger partial charge in [-0.2, -0.15) is 0 Å². The van der Waals surface area contributed by atoms with Crippen LogP contribution in [-0.2, 0) is 6.54 Å². The molecule has 0 bridgehead atoms. The summed E-state index contributed by atoms with van der Waals surface area (Å²) < 4.78 is 5.93. The lowest BCUT2D eigenvalue weighted by molar-refractivity contribution is 0.300. The lowest BCUT2D eigenvalue weighted by atomic mass is 10.1. The van der Waals surface area contributed by atoms with Gasteiger partial charge in [0.1, 0.15) is 5.75 Å². The van der Waals surface area contributed by atoms with E-state index in [0.717, 1.165) is 42.5 Å². The van der Waals surface area contributed by atoms with E-state index in [-0.39, 0.29) is 0 Å². The molecular formula is C18H30ClNO. The predicted octanol–water partition coefficient (Wildman–Crippen LogP) is 5.43. The van der Waals surface area contributed by atoms with E-state index < -0.39 is 0 Å². The van der Waals surface area contributed by atoms with E-state index in [4.69, 9.17) is 16.3 Å². The molecule has 1 rings (SSSR count). The Morgan fingerprint density at radius 1 is 1.14 bits per heavy atom. The number of nitrogens with one attached hydrogen (secondary N) is 1. The molecule has 0 spiro atoms. The van der Waals surface area contributed by atoms with Crippen LogP contribution in [0.5, 0.6) is 5.75 Å². The number of hydrogen-bond acceptors (Lipinski definition) is 2. The van der Waals surface area contributed by atoms with Gasteiger partial charge in [-0.05, 0) is 31.0 Å². The highest BCUT2D eigenvalue weighted by Crippen LogP contribution is 2.26. The fourth-order valence-electron chi connectivity index (χ4n) is 2.22. The smallest absolute Gasteiger partial charge is 0.125 e. The Kier molecular flexibility index (Phi) is 9.53. The zero-order valence-corrected chi connectivity index (χ0v) is 14.5. The zero-order valence-electron chi connectivity index (χ0n) is 13.8. The van der Waals surface area contributed by atoms with Crippen molar-refractivity contribution in [2.45, 2.75) is 59.4 Å². The summed E-state index contributed by atoms with van der Waals surface area (Å²) in [4.78, 5) is 0. The minimum Gasteiger partial charge on any atom is -0.493 e. The Labute approximate surface area is 135 Å². The molecule has 0 saturated heterocycles. The molecule has 0 radical (unpaired) electrons. The van der Waals surface area contributed by atoms with Crippen LogP contribution < -0.4 is 10.1 Å². The molecule has 0 fully saturated rings. The van der Waals surface area contributed by atoms with Crippen LogP contribution in [0.3, 0.4) is 0 Å². The van der Waals surface area contributed by atoms with E-state index in [1.54, 1.807) is 0 Å². The van der Waals surface area contributed by atoms with Crippen LogP contribution in [0.4, 0.5) is 0 Å². The Balaban J connectivity index is 2.43. The van der Waals surface area contributed by atoms with Crippen LogP contribution in [0.1, 0.15) is 58.4 Å². The standard InChI is InChI=1S/C18H30ClNO/c1-4-5-6-7-8-12-21-18-11-9-10-17(19)16(18)14-20-13-15(2)3/h9-11,15,20H,4-8,12-14H2,1-3H3. The number of rotatable bonds is 11. The van der Waals surface area contributed by atoms with Crippen molar-refractivity contribution < 1.29 is 4.74 Å². The highest BCUT2D eigenvalue weighted by molar-refractivity contribution is 6.31. The first-order valence-corrected chi connectivity index (χ1v) is 8.63. The molecule has 0 aliphatic rings. The van der Waals surface area contributed by atoms with Gasteiger partial charge < -0.3 is 10.1 Å². The molecule has 0 aromatic heterocycles. The molecule has 0 amide bonds. The summed E-state index contributed by atoms with van der Waals surface area (Å²) in [7, 11) is 0. The maximum absolute atomic E-state index is 6.31. The first-order chi connectivity index (χ1) is 10.1. The molecule has 0 heterocycles. The minimum atomic E-state index is 0.635. The van der Waals surface area contributed by atoms with Gasteiger partial charge in [0.2, 0.25) is 0 Å². The van der Waals surface area contributed by atoms with Gasteiger partial charge in [-0.1, -0.05) is 64.1 Å². The molecule has 120 valence electrons. The SMILES string of the molecule is CCCCCCCOc1cccc(Cl)c1CNCC(C)C. The summed E-state index contributed by atoms with van der Waals surface area (Å²) in [5, 5.41) is 4.22. The monoisotopic (exact) mass is 311 g/mol. The van der Waals surface area contributed by atoms with Crippen LogP contribution in [0.15, 0.2) is 18.2 Å². The van der Waals surface area contributed by atoms with Gasteiger partial charge in [0, 0.05) is 17.1 Å². The fourth-order valence-corrected chi connectivity index (χ4v) is 2.45. The molecule has 21 heavy (non-hydrogen) atoms. The van der Waals surface area contributed by atoms with E-state index in [0.29, 0.717) is 5.92 Å². The van der Waals surface area contributed by atoms with E-state index in [1.165, 1.54) is 25.7 Å². The molecule has 0 unspecified atom stereocenters. The molecule has 1 N–H and O–H groups in total. The quantitative estimate of drug-likeness (QED) is 0.550. The molecular weight excluding hydrogens is 282 g/mol. The molecule has 0 aliphatic heterocycles. The van der Waals surface area contributed by atoms with Crippen molar-refractivity contribution >= 4 is 11.6 Å². The lowest BCUT2D eigenvalue weighted by Gasteiger charge is -2.14. The van der Waals surface area contributed by atoms with Gasteiger partial charge in [0.05, 0.1) is 6.61 Å². The van der Waals surface area contributed by atoms with E-state index >= 15 is 0 Å². The Morgan fingerprint density at radius 3 is 2.62 bits per heavy atom. The normalized spacial score (nSPS) is 11.1. The summed E-state index contributed by atoms with van der Waals surface area (Å²) in [5.41, 5.74) is 1.08. The first-order valence-electron chi connectivity index (χ1n) is 8.26. The second-order valence-electron chi connectivity index (χ2n) is 6.00. The van der Waals surface area contributed by atoms with E-state index in [9.17, 15) is 0 Å². The molecule has 3 heteroatoms. The third-order valence-electron chi connectivity index (χ3n) is 3.44. The molecule has 0 aliphatic carbocycles. The summed E-state index contributed by atoms with van der Waals surface area (Å²) in [6.45, 7) is 9.17. The van der Waals surface area contributed by atoms with Crippen LogP contribution in [0.25, 0.3) is 0 Å². The second-order valence-corrected chi connectivity index (χ2v) is 6.41. The maximum Gasteiger partial charge on any atom is 0.125 e. The summed E-state index contributed by atoms with van der Waals surface area (Å²) in [6.07, 6.45) is 6.27. The Hall–Kier alpha value is -0.730. The summed E-state index contributed by atoms with van der Waals surface area (Å²) in [6, 6.07) is 5.91. The van der Waals surface area contributed by atoms with Gasteiger partial charge in [-0.25, -0.2) is 0 Å². The van der Waals surface area contributed by atoms with Crippen molar-refractivity contribution in [1.29, 1.82) is 0 Å². The first kappa shape index (κ1) is 18.3. The van der Waals surface area contributed by atoms with Crippen molar-refractivity contribution in [3.63, 3.8) is 0 Å². The number of hydrogen-bond donors (Lipinski definition) is 1. The van der Waals surface area contributed by atoms with Gasteiger partial charge in [-0.15, -0.1) is 0 Å². The summed E-state index contributed by atoms with van der Waals surface area (Å²) in [5.74, 6) is 1.56. The molecule has 1 aromatic rings. The lowest BCUT2D eigenvalue weighted by Crippen LogP contribution is -2.19. The van der Waals surface area contributed by atoms with Crippen molar-refractivity contribution in [2.75, 3.05) is 13.2 Å². The number of ether oxygens (including phenoxy) is 1. The highest BCUT2D eigenvalue weighted by Gasteiger charge is 2.08. The van der Waals surface area contributed by atoms with Gasteiger partial charge in [0.25, 0.3) is 0 Å². The topological polar surface area (TPSA) is 21.3 Å². The third kappa shape index (κ3) is 7.73. The minimum absolute atomic E-state index is 0.635. The Bertz CT molecular complexity index is 393. The second kappa shape index (κ2) is 10.9. The van der Waals surface area contributed by atoms with Gasteiger partial charge >= 0.3 is 0 Å². The van der Waals surface area contributed by atoms with Crippen LogP contribution in [-0.4, -0.2) is 13.2 Å². The van der Waals surface area contributed by atoms with E-state index in [1.807, 2.05) is 18.2 Å². The molecule has 1 aromatic carbocycles. The van der Waals surface area contributed by atoms with Crippen molar-refractivity contribution in [3.8, 4) is 5.75 Å². The van der Waals surface area contributed by atoms with Crippen LogP contribution in [0.2, 0.25) is 5.02 Å². The molecule has 0 saturated carbocycles. The van der Waals surface area contributed by atoms with Crippen molar-refractivity contribution in [1.82, 2.24) is 5.32 Å². The fraction of sp³-hybridized carbons (Fsp3) is 0.667. The number of halogens is 1. The van der Waals surface area contributed by atoms with E-state index in [2.05, 4.69) is 26.1 Å². The summed E-state index contributed by atoms with van der Waals surface area (Å²) >= 11 is 6.31. The molecule has 0 atom stereocenters. The largest absolute Gasteiger partial charge is 0.493 e. The van der Waals surface area contributed by atoms with Gasteiger partial charge in [-0.3, -0.25) is 0 Å².